The standard InChI is InChI=1S/C15H23Cl2NO/c1-11(13-9-12(16)5-6-14(13)17)18-10-15(2,3)7-4-8-19/h5-6,9,11,18-19H,4,7-8,10H2,1-3H3. The van der Waals surface area contributed by atoms with Crippen LogP contribution in [0.3, 0.4) is 0 Å². The molecule has 1 aromatic rings. The van der Waals surface area contributed by atoms with E-state index in [1.54, 1.807) is 6.07 Å². The maximum Gasteiger partial charge on any atom is 0.0454 e. The quantitative estimate of drug-likeness (QED) is 0.780. The Bertz CT molecular complexity index is 407. The molecule has 1 atom stereocenters. The lowest BCUT2D eigenvalue weighted by atomic mass is 9.87. The van der Waals surface area contributed by atoms with Gasteiger partial charge in [-0.1, -0.05) is 37.0 Å². The fourth-order valence-corrected chi connectivity index (χ4v) is 2.49. The van der Waals surface area contributed by atoms with E-state index in [4.69, 9.17) is 28.3 Å². The predicted octanol–water partition coefficient (Wildman–Crippen LogP) is 4.44. The highest BCUT2D eigenvalue weighted by molar-refractivity contribution is 6.33. The fourth-order valence-electron chi connectivity index (χ4n) is 2.03. The van der Waals surface area contributed by atoms with Gasteiger partial charge in [0, 0.05) is 29.2 Å². The van der Waals surface area contributed by atoms with Crippen LogP contribution in [-0.4, -0.2) is 18.3 Å². The van der Waals surface area contributed by atoms with Crippen LogP contribution in [-0.2, 0) is 0 Å². The summed E-state index contributed by atoms with van der Waals surface area (Å²) in [5.74, 6) is 0. The van der Waals surface area contributed by atoms with E-state index in [9.17, 15) is 0 Å². The Morgan fingerprint density at radius 1 is 1.32 bits per heavy atom. The van der Waals surface area contributed by atoms with Crippen LogP contribution < -0.4 is 5.32 Å². The van der Waals surface area contributed by atoms with Crippen molar-refractivity contribution in [1.29, 1.82) is 0 Å². The van der Waals surface area contributed by atoms with Crippen molar-refractivity contribution in [3.05, 3.63) is 33.8 Å². The molecule has 2 N–H and O–H groups in total. The molecule has 0 aliphatic carbocycles. The Kier molecular flexibility index (Phi) is 6.61. The van der Waals surface area contributed by atoms with E-state index in [2.05, 4.69) is 26.1 Å². The number of halogens is 2. The van der Waals surface area contributed by atoms with Gasteiger partial charge in [-0.25, -0.2) is 0 Å². The molecule has 1 unspecified atom stereocenters. The first-order chi connectivity index (χ1) is 8.85. The van der Waals surface area contributed by atoms with E-state index in [1.807, 2.05) is 12.1 Å². The minimum Gasteiger partial charge on any atom is -0.396 e. The average Bonchev–Trinajstić information content (AvgIpc) is 2.36. The minimum atomic E-state index is 0.152. The van der Waals surface area contributed by atoms with Gasteiger partial charge in [0.25, 0.3) is 0 Å². The third kappa shape index (κ3) is 5.70. The summed E-state index contributed by atoms with van der Waals surface area (Å²) in [6.07, 6.45) is 1.83. The van der Waals surface area contributed by atoms with Gasteiger partial charge in [-0.2, -0.15) is 0 Å². The lowest BCUT2D eigenvalue weighted by Gasteiger charge is -2.27. The Morgan fingerprint density at radius 3 is 2.63 bits per heavy atom. The molecule has 4 heteroatoms. The monoisotopic (exact) mass is 303 g/mol. The number of rotatable bonds is 7. The number of aliphatic hydroxyl groups excluding tert-OH is 1. The van der Waals surface area contributed by atoms with Crippen molar-refractivity contribution in [3.8, 4) is 0 Å². The van der Waals surface area contributed by atoms with Crippen molar-refractivity contribution in [3.63, 3.8) is 0 Å². The van der Waals surface area contributed by atoms with E-state index in [0.29, 0.717) is 5.02 Å². The molecule has 0 aliphatic heterocycles. The van der Waals surface area contributed by atoms with Gasteiger partial charge in [-0.05, 0) is 48.9 Å². The molecule has 0 heterocycles. The molecule has 0 aromatic heterocycles. The van der Waals surface area contributed by atoms with E-state index in [0.717, 1.165) is 30.0 Å². The van der Waals surface area contributed by atoms with E-state index < -0.39 is 0 Å². The largest absolute Gasteiger partial charge is 0.396 e. The molecular formula is C15H23Cl2NO. The van der Waals surface area contributed by atoms with Crippen LogP contribution in [0.2, 0.25) is 10.0 Å². The van der Waals surface area contributed by atoms with Crippen molar-refractivity contribution in [2.45, 2.75) is 39.7 Å². The second-order valence-electron chi connectivity index (χ2n) is 5.76. The zero-order valence-electron chi connectivity index (χ0n) is 11.8. The molecule has 0 fully saturated rings. The van der Waals surface area contributed by atoms with Crippen molar-refractivity contribution < 1.29 is 5.11 Å². The normalized spacial score (nSPS) is 13.6. The molecule has 0 saturated carbocycles. The first-order valence-corrected chi connectivity index (χ1v) is 7.40. The predicted molar refractivity (Wildman–Crippen MR) is 83.0 cm³/mol. The molecule has 2 nitrogen and oxygen atoms in total. The Labute approximate surface area is 126 Å². The van der Waals surface area contributed by atoms with E-state index >= 15 is 0 Å². The van der Waals surface area contributed by atoms with Gasteiger partial charge in [0.1, 0.15) is 0 Å². The smallest absolute Gasteiger partial charge is 0.0454 e. The van der Waals surface area contributed by atoms with E-state index in [-0.39, 0.29) is 18.1 Å². The summed E-state index contributed by atoms with van der Waals surface area (Å²) < 4.78 is 0. The van der Waals surface area contributed by atoms with Gasteiger partial charge >= 0.3 is 0 Å². The Morgan fingerprint density at radius 2 is 2.00 bits per heavy atom. The highest BCUT2D eigenvalue weighted by atomic mass is 35.5. The molecule has 0 spiro atoms. The molecule has 0 saturated heterocycles. The molecule has 1 rings (SSSR count). The van der Waals surface area contributed by atoms with Crippen LogP contribution in [0.5, 0.6) is 0 Å². The Hall–Kier alpha value is -0.280. The van der Waals surface area contributed by atoms with Gasteiger partial charge in [0.2, 0.25) is 0 Å². The molecule has 0 aliphatic rings. The zero-order chi connectivity index (χ0) is 14.5. The highest BCUT2D eigenvalue weighted by Crippen LogP contribution is 2.28. The lowest BCUT2D eigenvalue weighted by molar-refractivity contribution is 0.233. The summed E-state index contributed by atoms with van der Waals surface area (Å²) >= 11 is 12.2. The third-order valence-electron chi connectivity index (χ3n) is 3.32. The molecule has 0 amide bonds. The van der Waals surface area contributed by atoms with E-state index in [1.165, 1.54) is 0 Å². The van der Waals surface area contributed by atoms with Gasteiger partial charge < -0.3 is 10.4 Å². The first kappa shape index (κ1) is 16.8. The van der Waals surface area contributed by atoms with Crippen molar-refractivity contribution in [2.75, 3.05) is 13.2 Å². The number of benzene rings is 1. The lowest BCUT2D eigenvalue weighted by Crippen LogP contribution is -2.31. The highest BCUT2D eigenvalue weighted by Gasteiger charge is 2.19. The number of hydrogen-bond donors (Lipinski definition) is 2. The summed E-state index contributed by atoms with van der Waals surface area (Å²) in [6, 6.07) is 5.68. The van der Waals surface area contributed by atoms with Crippen LogP contribution >= 0.6 is 23.2 Å². The van der Waals surface area contributed by atoms with Gasteiger partial charge in [-0.15, -0.1) is 0 Å². The minimum absolute atomic E-state index is 0.152. The second kappa shape index (κ2) is 7.49. The van der Waals surface area contributed by atoms with Gasteiger partial charge in [0.05, 0.1) is 0 Å². The Balaban J connectivity index is 2.59. The third-order valence-corrected chi connectivity index (χ3v) is 3.90. The fraction of sp³-hybridized carbons (Fsp3) is 0.600. The maximum absolute atomic E-state index is 8.90. The summed E-state index contributed by atoms with van der Waals surface area (Å²) in [5.41, 5.74) is 1.18. The molecule has 108 valence electrons. The van der Waals surface area contributed by atoms with Crippen LogP contribution in [0, 0.1) is 5.41 Å². The van der Waals surface area contributed by atoms with Gasteiger partial charge in [-0.3, -0.25) is 0 Å². The van der Waals surface area contributed by atoms with Crippen LogP contribution in [0.15, 0.2) is 18.2 Å². The number of aliphatic hydroxyl groups is 1. The van der Waals surface area contributed by atoms with Crippen LogP contribution in [0.1, 0.15) is 45.2 Å². The second-order valence-corrected chi connectivity index (χ2v) is 6.60. The molecule has 0 bridgehead atoms. The summed E-state index contributed by atoms with van der Waals surface area (Å²) in [6.45, 7) is 7.60. The number of nitrogens with one attached hydrogen (secondary N) is 1. The average molecular weight is 304 g/mol. The first-order valence-electron chi connectivity index (χ1n) is 6.65. The SMILES string of the molecule is CC(NCC(C)(C)CCCO)c1cc(Cl)ccc1Cl. The molecule has 0 radical (unpaired) electrons. The summed E-state index contributed by atoms with van der Waals surface area (Å²) in [5, 5.41) is 13.8. The van der Waals surface area contributed by atoms with Crippen molar-refractivity contribution >= 4 is 23.2 Å². The van der Waals surface area contributed by atoms with Gasteiger partial charge in [0.15, 0.2) is 0 Å². The molecular weight excluding hydrogens is 281 g/mol. The van der Waals surface area contributed by atoms with Crippen LogP contribution in [0.25, 0.3) is 0 Å². The maximum atomic E-state index is 8.90. The zero-order valence-corrected chi connectivity index (χ0v) is 13.4. The number of hydrogen-bond acceptors (Lipinski definition) is 2. The van der Waals surface area contributed by atoms with Crippen molar-refractivity contribution in [2.24, 2.45) is 5.41 Å². The molecule has 1 aromatic carbocycles. The topological polar surface area (TPSA) is 32.3 Å². The molecule has 19 heavy (non-hydrogen) atoms. The van der Waals surface area contributed by atoms with Crippen LogP contribution in [0.4, 0.5) is 0 Å². The summed E-state index contributed by atoms with van der Waals surface area (Å²) in [4.78, 5) is 0. The summed E-state index contributed by atoms with van der Waals surface area (Å²) in [7, 11) is 0. The van der Waals surface area contributed by atoms with Crippen molar-refractivity contribution in [1.82, 2.24) is 5.32 Å².